The molecule has 5 heteroatoms. The average molecular weight is 353 g/mol. The minimum atomic E-state index is -0.224. The van der Waals surface area contributed by atoms with E-state index < -0.39 is 0 Å². The van der Waals surface area contributed by atoms with E-state index in [0.717, 1.165) is 68.6 Å². The van der Waals surface area contributed by atoms with E-state index in [1.54, 1.807) is 7.11 Å². The number of carbonyl (C=O) groups is 1. The van der Waals surface area contributed by atoms with Crippen LogP contribution in [0, 0.1) is 5.41 Å². The zero-order valence-electron chi connectivity index (χ0n) is 15.5. The summed E-state index contributed by atoms with van der Waals surface area (Å²) in [4.78, 5) is 22.3. The number of piperidine rings is 1. The van der Waals surface area contributed by atoms with E-state index >= 15 is 0 Å². The molecule has 2 aromatic rings. The monoisotopic (exact) mass is 353 g/mol. The van der Waals surface area contributed by atoms with Crippen molar-refractivity contribution in [2.75, 3.05) is 44.8 Å². The van der Waals surface area contributed by atoms with E-state index in [0.29, 0.717) is 12.5 Å². The standard InChI is InChI=1S/C21H27N3O2/c1-26-15-5-13-23-12-4-10-21(20(23)25)11-14-24(16-21)19-9-8-17-6-2-3-7-18(17)22-19/h2-3,6-9H,4-5,10-16H2,1H3/t21-/m0/s1. The lowest BCUT2D eigenvalue weighted by atomic mass is 9.78. The Morgan fingerprint density at radius 3 is 2.92 bits per heavy atom. The molecule has 1 spiro atoms. The van der Waals surface area contributed by atoms with E-state index in [-0.39, 0.29) is 5.41 Å². The number of benzene rings is 1. The summed E-state index contributed by atoms with van der Waals surface area (Å²) in [6, 6.07) is 12.4. The molecule has 0 radical (unpaired) electrons. The number of amides is 1. The number of nitrogens with zero attached hydrogens (tertiary/aromatic N) is 3. The Balaban J connectivity index is 1.50. The smallest absolute Gasteiger partial charge is 0.230 e. The molecule has 0 saturated carbocycles. The van der Waals surface area contributed by atoms with E-state index in [4.69, 9.17) is 9.72 Å². The van der Waals surface area contributed by atoms with Gasteiger partial charge in [0, 0.05) is 45.3 Å². The summed E-state index contributed by atoms with van der Waals surface area (Å²) < 4.78 is 5.14. The van der Waals surface area contributed by atoms with Crippen LogP contribution in [-0.4, -0.2) is 55.7 Å². The number of rotatable bonds is 5. The fourth-order valence-corrected chi connectivity index (χ4v) is 4.44. The first-order valence-electron chi connectivity index (χ1n) is 9.61. The van der Waals surface area contributed by atoms with Crippen molar-refractivity contribution in [2.45, 2.75) is 25.7 Å². The number of hydrogen-bond donors (Lipinski definition) is 0. The van der Waals surface area contributed by atoms with Crippen LogP contribution in [0.1, 0.15) is 25.7 Å². The molecule has 138 valence electrons. The second kappa shape index (κ2) is 7.23. The van der Waals surface area contributed by atoms with Crippen LogP contribution in [0.2, 0.25) is 0 Å². The number of pyridine rings is 1. The molecule has 4 rings (SSSR count). The normalized spacial score (nSPS) is 23.3. The van der Waals surface area contributed by atoms with Gasteiger partial charge in [0.2, 0.25) is 5.91 Å². The summed E-state index contributed by atoms with van der Waals surface area (Å²) in [5.41, 5.74) is 0.792. The molecule has 0 bridgehead atoms. The zero-order chi connectivity index (χ0) is 18.0. The maximum Gasteiger partial charge on any atom is 0.230 e. The van der Waals surface area contributed by atoms with Crippen LogP contribution < -0.4 is 4.90 Å². The molecule has 1 atom stereocenters. The number of ether oxygens (including phenoxy) is 1. The van der Waals surface area contributed by atoms with Crippen LogP contribution in [0.4, 0.5) is 5.82 Å². The molecular weight excluding hydrogens is 326 g/mol. The summed E-state index contributed by atoms with van der Waals surface area (Å²) in [7, 11) is 1.71. The fourth-order valence-electron chi connectivity index (χ4n) is 4.44. The van der Waals surface area contributed by atoms with Crippen molar-refractivity contribution < 1.29 is 9.53 Å². The number of methoxy groups -OCH3 is 1. The molecule has 0 aliphatic carbocycles. The molecule has 0 N–H and O–H groups in total. The number of anilines is 1. The lowest BCUT2D eigenvalue weighted by Crippen LogP contribution is -2.50. The van der Waals surface area contributed by atoms with Crippen LogP contribution in [-0.2, 0) is 9.53 Å². The Bertz CT molecular complexity index is 794. The third-order valence-corrected chi connectivity index (χ3v) is 5.86. The fraction of sp³-hybridized carbons (Fsp3) is 0.524. The van der Waals surface area contributed by atoms with Crippen molar-refractivity contribution in [3.05, 3.63) is 36.4 Å². The highest BCUT2D eigenvalue weighted by Crippen LogP contribution is 2.41. The second-order valence-electron chi connectivity index (χ2n) is 7.56. The Labute approximate surface area is 154 Å². The van der Waals surface area contributed by atoms with Crippen molar-refractivity contribution in [2.24, 2.45) is 5.41 Å². The highest BCUT2D eigenvalue weighted by molar-refractivity contribution is 5.85. The molecule has 3 heterocycles. The van der Waals surface area contributed by atoms with Crippen molar-refractivity contribution >= 4 is 22.6 Å². The first kappa shape index (κ1) is 17.3. The Hall–Kier alpha value is -2.14. The van der Waals surface area contributed by atoms with Gasteiger partial charge in [-0.25, -0.2) is 4.98 Å². The molecule has 2 aliphatic rings. The van der Waals surface area contributed by atoms with Crippen molar-refractivity contribution in [1.82, 2.24) is 9.88 Å². The maximum absolute atomic E-state index is 13.2. The lowest BCUT2D eigenvalue weighted by molar-refractivity contribution is -0.145. The third-order valence-electron chi connectivity index (χ3n) is 5.86. The Kier molecular flexibility index (Phi) is 4.81. The number of likely N-dealkylation sites (tertiary alicyclic amines) is 1. The SMILES string of the molecule is COCCCN1CCC[C@@]2(CCN(c3ccc4ccccc4n3)C2)C1=O. The van der Waals surface area contributed by atoms with Gasteiger partial charge in [-0.15, -0.1) is 0 Å². The van der Waals surface area contributed by atoms with Crippen molar-refractivity contribution in [1.29, 1.82) is 0 Å². The van der Waals surface area contributed by atoms with Crippen molar-refractivity contribution in [3.63, 3.8) is 0 Å². The molecule has 5 nitrogen and oxygen atoms in total. The van der Waals surface area contributed by atoms with E-state index in [9.17, 15) is 4.79 Å². The molecule has 1 aromatic carbocycles. The maximum atomic E-state index is 13.2. The van der Waals surface area contributed by atoms with Crippen molar-refractivity contribution in [3.8, 4) is 0 Å². The third kappa shape index (κ3) is 3.16. The minimum Gasteiger partial charge on any atom is -0.385 e. The van der Waals surface area contributed by atoms with Gasteiger partial charge >= 0.3 is 0 Å². The van der Waals surface area contributed by atoms with Crippen LogP contribution >= 0.6 is 0 Å². The lowest BCUT2D eigenvalue weighted by Gasteiger charge is -2.39. The van der Waals surface area contributed by atoms with Gasteiger partial charge in [0.1, 0.15) is 5.82 Å². The number of carbonyl (C=O) groups excluding carboxylic acids is 1. The quantitative estimate of drug-likeness (QED) is 0.775. The summed E-state index contributed by atoms with van der Waals surface area (Å²) in [5, 5.41) is 1.16. The molecule has 26 heavy (non-hydrogen) atoms. The van der Waals surface area contributed by atoms with Gasteiger partial charge in [-0.2, -0.15) is 0 Å². The van der Waals surface area contributed by atoms with Gasteiger partial charge in [0.25, 0.3) is 0 Å². The predicted molar refractivity (Wildman–Crippen MR) is 103 cm³/mol. The molecule has 1 aromatic heterocycles. The summed E-state index contributed by atoms with van der Waals surface area (Å²) >= 11 is 0. The first-order valence-corrected chi connectivity index (χ1v) is 9.61. The summed E-state index contributed by atoms with van der Waals surface area (Å²) in [5.74, 6) is 1.33. The van der Waals surface area contributed by atoms with Gasteiger partial charge in [-0.05, 0) is 43.9 Å². The van der Waals surface area contributed by atoms with Gasteiger partial charge in [-0.1, -0.05) is 18.2 Å². The highest BCUT2D eigenvalue weighted by Gasteiger charge is 2.48. The molecule has 2 fully saturated rings. The molecule has 2 aliphatic heterocycles. The Morgan fingerprint density at radius 1 is 1.15 bits per heavy atom. The number of aromatic nitrogens is 1. The summed E-state index contributed by atoms with van der Waals surface area (Å²) in [6.07, 6.45) is 3.93. The average Bonchev–Trinajstić information content (AvgIpc) is 3.10. The van der Waals surface area contributed by atoms with Gasteiger partial charge in [0.05, 0.1) is 10.9 Å². The summed E-state index contributed by atoms with van der Waals surface area (Å²) in [6.45, 7) is 4.10. The Morgan fingerprint density at radius 2 is 2.04 bits per heavy atom. The van der Waals surface area contributed by atoms with Gasteiger partial charge < -0.3 is 14.5 Å². The number of fused-ring (bicyclic) bond motifs is 1. The molecular formula is C21H27N3O2. The topological polar surface area (TPSA) is 45.7 Å². The van der Waals surface area contributed by atoms with E-state index in [2.05, 4.69) is 28.0 Å². The highest BCUT2D eigenvalue weighted by atomic mass is 16.5. The van der Waals surface area contributed by atoms with Gasteiger partial charge in [-0.3, -0.25) is 4.79 Å². The molecule has 1 amide bonds. The molecule has 2 saturated heterocycles. The van der Waals surface area contributed by atoms with Crippen LogP contribution in [0.25, 0.3) is 10.9 Å². The van der Waals surface area contributed by atoms with Gasteiger partial charge in [0.15, 0.2) is 0 Å². The molecule has 0 unspecified atom stereocenters. The minimum absolute atomic E-state index is 0.224. The number of para-hydroxylation sites is 1. The number of hydrogen-bond acceptors (Lipinski definition) is 4. The van der Waals surface area contributed by atoms with Crippen LogP contribution in [0.5, 0.6) is 0 Å². The second-order valence-corrected chi connectivity index (χ2v) is 7.56. The van der Waals surface area contributed by atoms with E-state index in [1.807, 2.05) is 18.2 Å². The van der Waals surface area contributed by atoms with E-state index in [1.165, 1.54) is 0 Å². The zero-order valence-corrected chi connectivity index (χ0v) is 15.5. The van der Waals surface area contributed by atoms with Crippen LogP contribution in [0.15, 0.2) is 36.4 Å². The first-order chi connectivity index (χ1) is 12.7. The predicted octanol–water partition coefficient (Wildman–Crippen LogP) is 3.09. The largest absolute Gasteiger partial charge is 0.385 e. The van der Waals surface area contributed by atoms with Crippen LogP contribution in [0.3, 0.4) is 0 Å².